The highest BCUT2D eigenvalue weighted by Crippen LogP contribution is 1.81. The molecule has 0 saturated carbocycles. The van der Waals surface area contributed by atoms with Crippen LogP contribution in [0.4, 0.5) is 5.95 Å². The first kappa shape index (κ1) is 8.86. The lowest BCUT2D eigenvalue weighted by Gasteiger charge is -1.82. The van der Waals surface area contributed by atoms with Gasteiger partial charge in [0.2, 0.25) is 5.95 Å². The van der Waals surface area contributed by atoms with Gasteiger partial charge in [0.25, 0.3) is 0 Å². The molecule has 0 radical (unpaired) electrons. The first-order chi connectivity index (χ1) is 4.81. The molecule has 4 N–H and O–H groups in total. The van der Waals surface area contributed by atoms with Gasteiger partial charge in [0.1, 0.15) is 0 Å². The summed E-state index contributed by atoms with van der Waals surface area (Å²) in [5, 5.41) is 14.2. The van der Waals surface area contributed by atoms with Crippen LogP contribution in [-0.4, -0.2) is 27.7 Å². The second-order valence-corrected chi connectivity index (χ2v) is 1.25. The first-order valence-electron chi connectivity index (χ1n) is 2.55. The van der Waals surface area contributed by atoms with E-state index in [-0.39, 0.29) is 0 Å². The predicted molar refractivity (Wildman–Crippen MR) is 38.0 cm³/mol. The zero-order valence-corrected chi connectivity index (χ0v) is 5.31. The Balaban J connectivity index is 0.000000236. The normalized spacial score (nSPS) is 7.40. The van der Waals surface area contributed by atoms with Crippen molar-refractivity contribution in [1.82, 2.24) is 9.97 Å². The molecule has 0 aliphatic rings. The molecule has 0 aliphatic carbocycles. The Kier molecular flexibility index (Phi) is 5.31. The maximum Gasteiger partial charge on any atom is 0.432 e. The van der Waals surface area contributed by atoms with Crippen molar-refractivity contribution < 1.29 is 10.0 Å². The van der Waals surface area contributed by atoms with E-state index in [1.54, 1.807) is 18.5 Å². The summed E-state index contributed by atoms with van der Waals surface area (Å²) in [6.07, 6.45) is 3.20. The highest BCUT2D eigenvalue weighted by molar-refractivity contribution is 6.13. The summed E-state index contributed by atoms with van der Waals surface area (Å²) in [4.78, 5) is 7.29. The fraction of sp³-hybridized carbons (Fsp3) is 0. The minimum atomic E-state index is -0.750. The average Bonchev–Trinajstić information content (AvgIpc) is 1.91. The number of hydrogen-bond donors (Lipinski definition) is 3. The van der Waals surface area contributed by atoms with E-state index in [0.717, 1.165) is 0 Å². The topological polar surface area (TPSA) is 92.3 Å². The predicted octanol–water partition coefficient (Wildman–Crippen LogP) is -1.70. The van der Waals surface area contributed by atoms with Crippen molar-refractivity contribution in [2.45, 2.75) is 0 Å². The molecule has 0 fully saturated rings. The highest BCUT2D eigenvalue weighted by Gasteiger charge is 1.75. The Bertz CT molecular complexity index is 160. The van der Waals surface area contributed by atoms with Gasteiger partial charge in [0.15, 0.2) is 0 Å². The lowest BCUT2D eigenvalue weighted by atomic mass is 10.5. The van der Waals surface area contributed by atoms with Crippen molar-refractivity contribution in [3.05, 3.63) is 18.5 Å². The van der Waals surface area contributed by atoms with Gasteiger partial charge in [-0.1, -0.05) is 0 Å². The Morgan fingerprint density at radius 3 is 1.90 bits per heavy atom. The van der Waals surface area contributed by atoms with E-state index in [1.165, 1.54) is 0 Å². The van der Waals surface area contributed by atoms with E-state index in [1.807, 2.05) is 0 Å². The van der Waals surface area contributed by atoms with Crippen LogP contribution in [0.1, 0.15) is 0 Å². The third kappa shape index (κ3) is 5.01. The Morgan fingerprint density at radius 1 is 1.30 bits per heavy atom. The minimum absolute atomic E-state index is 0.322. The molecule has 10 heavy (non-hydrogen) atoms. The van der Waals surface area contributed by atoms with Gasteiger partial charge in [-0.15, -0.1) is 0 Å². The highest BCUT2D eigenvalue weighted by atomic mass is 16.4. The molecule has 0 spiro atoms. The van der Waals surface area contributed by atoms with Crippen LogP contribution in [0.5, 0.6) is 0 Å². The lowest BCUT2D eigenvalue weighted by molar-refractivity contribution is 0.448. The van der Waals surface area contributed by atoms with E-state index < -0.39 is 7.69 Å². The van der Waals surface area contributed by atoms with Gasteiger partial charge >= 0.3 is 7.69 Å². The summed E-state index contributed by atoms with van der Waals surface area (Å²) in [6.45, 7) is 0. The van der Waals surface area contributed by atoms with Gasteiger partial charge < -0.3 is 15.8 Å². The SMILES string of the molecule is Nc1ncccn1.OBO. The molecule has 0 amide bonds. The summed E-state index contributed by atoms with van der Waals surface area (Å²) in [5.74, 6) is 0.322. The summed E-state index contributed by atoms with van der Waals surface area (Å²) in [7, 11) is -0.750. The van der Waals surface area contributed by atoms with Crippen LogP contribution in [0.3, 0.4) is 0 Å². The molecule has 5 nitrogen and oxygen atoms in total. The summed E-state index contributed by atoms with van der Waals surface area (Å²) in [5.41, 5.74) is 5.14. The van der Waals surface area contributed by atoms with Gasteiger partial charge in [-0.25, -0.2) is 9.97 Å². The monoisotopic (exact) mass is 141 g/mol. The van der Waals surface area contributed by atoms with Crippen molar-refractivity contribution in [3.63, 3.8) is 0 Å². The summed E-state index contributed by atoms with van der Waals surface area (Å²) in [6, 6.07) is 1.72. The number of aromatic nitrogens is 2. The van der Waals surface area contributed by atoms with Crippen LogP contribution in [0, 0.1) is 0 Å². The number of nitrogens with two attached hydrogens (primary N) is 1. The number of nitrogen functional groups attached to an aromatic ring is 1. The molecule has 6 heteroatoms. The standard InChI is InChI=1S/C4H5N3.BH3O2/c5-4-6-2-1-3-7-4;2-1-3/h1-3H,(H2,5,6,7);1-3H. The molecule has 1 heterocycles. The molecule has 0 atom stereocenters. The molecule has 0 bridgehead atoms. The summed E-state index contributed by atoms with van der Waals surface area (Å²) >= 11 is 0. The van der Waals surface area contributed by atoms with Crippen LogP contribution in [0.15, 0.2) is 18.5 Å². The van der Waals surface area contributed by atoms with Crippen molar-refractivity contribution >= 4 is 13.6 Å². The third-order valence-electron chi connectivity index (χ3n) is 0.586. The lowest BCUT2D eigenvalue weighted by Crippen LogP contribution is -1.90. The van der Waals surface area contributed by atoms with E-state index in [9.17, 15) is 0 Å². The van der Waals surface area contributed by atoms with Crippen LogP contribution >= 0.6 is 0 Å². The molecule has 1 rings (SSSR count). The van der Waals surface area contributed by atoms with E-state index in [0.29, 0.717) is 5.95 Å². The largest absolute Gasteiger partial charge is 0.432 e. The van der Waals surface area contributed by atoms with Crippen LogP contribution < -0.4 is 5.73 Å². The van der Waals surface area contributed by atoms with Crippen LogP contribution in [-0.2, 0) is 0 Å². The van der Waals surface area contributed by atoms with E-state index >= 15 is 0 Å². The zero-order chi connectivity index (χ0) is 7.82. The maximum atomic E-state index is 7.12. The van der Waals surface area contributed by atoms with Gasteiger partial charge in [-0.2, -0.15) is 0 Å². The molecule has 0 saturated heterocycles. The van der Waals surface area contributed by atoms with Gasteiger partial charge in [0.05, 0.1) is 0 Å². The minimum Gasteiger partial charge on any atom is -0.430 e. The van der Waals surface area contributed by atoms with Crippen molar-refractivity contribution in [2.24, 2.45) is 0 Å². The Labute approximate surface area is 58.9 Å². The molecule has 0 unspecified atom stereocenters. The van der Waals surface area contributed by atoms with Crippen molar-refractivity contribution in [1.29, 1.82) is 0 Å². The van der Waals surface area contributed by atoms with Gasteiger partial charge in [-0.05, 0) is 6.07 Å². The molecule has 0 aliphatic heterocycles. The molecule has 0 aromatic carbocycles. The average molecular weight is 141 g/mol. The Hall–Kier alpha value is -1.14. The number of hydrogen-bond acceptors (Lipinski definition) is 5. The van der Waals surface area contributed by atoms with Gasteiger partial charge in [-0.3, -0.25) is 0 Å². The third-order valence-corrected chi connectivity index (χ3v) is 0.586. The smallest absolute Gasteiger partial charge is 0.430 e. The van der Waals surface area contributed by atoms with Gasteiger partial charge in [0, 0.05) is 12.4 Å². The second-order valence-electron chi connectivity index (χ2n) is 1.25. The van der Waals surface area contributed by atoms with Crippen molar-refractivity contribution in [2.75, 3.05) is 5.73 Å². The fourth-order valence-corrected chi connectivity index (χ4v) is 0.311. The number of nitrogens with zero attached hydrogens (tertiary/aromatic N) is 2. The second kappa shape index (κ2) is 5.99. The molecular formula is C4H8BN3O2. The number of rotatable bonds is 0. The molecule has 54 valence electrons. The first-order valence-corrected chi connectivity index (χ1v) is 2.55. The number of anilines is 1. The zero-order valence-electron chi connectivity index (χ0n) is 5.31. The van der Waals surface area contributed by atoms with Crippen molar-refractivity contribution in [3.8, 4) is 0 Å². The maximum absolute atomic E-state index is 7.12. The van der Waals surface area contributed by atoms with E-state index in [4.69, 9.17) is 15.8 Å². The van der Waals surface area contributed by atoms with Crippen LogP contribution in [0.25, 0.3) is 0 Å². The molecule has 1 aromatic rings. The summed E-state index contributed by atoms with van der Waals surface area (Å²) < 4.78 is 0. The van der Waals surface area contributed by atoms with E-state index in [2.05, 4.69) is 9.97 Å². The molecular weight excluding hydrogens is 133 g/mol. The quantitative estimate of drug-likeness (QED) is 0.374. The fourth-order valence-electron chi connectivity index (χ4n) is 0.311. The molecule has 1 aromatic heterocycles. The Morgan fingerprint density at radius 2 is 1.70 bits per heavy atom. The van der Waals surface area contributed by atoms with Crippen LogP contribution in [0.2, 0.25) is 0 Å².